The van der Waals surface area contributed by atoms with Gasteiger partial charge >= 0.3 is 5.97 Å². The molecule has 15 heavy (non-hydrogen) atoms. The normalized spacial score (nSPS) is 10.5. The second-order valence-electron chi connectivity index (χ2n) is 3.20. The summed E-state index contributed by atoms with van der Waals surface area (Å²) in [6.07, 6.45) is 3.55. The monoisotopic (exact) mass is 207 g/mol. The first kappa shape index (κ1) is 9.45. The maximum Gasteiger partial charge on any atom is 0.358 e. The number of hydrogen-bond donors (Lipinski definition) is 1. The van der Waals surface area contributed by atoms with E-state index in [2.05, 4.69) is 10.3 Å². The van der Waals surface area contributed by atoms with E-state index in [-0.39, 0.29) is 5.69 Å². The van der Waals surface area contributed by atoms with Crippen molar-refractivity contribution in [1.29, 1.82) is 0 Å². The summed E-state index contributed by atoms with van der Waals surface area (Å²) in [7, 11) is 0. The molecule has 1 N–H and O–H groups in total. The van der Waals surface area contributed by atoms with Crippen molar-refractivity contribution in [3.05, 3.63) is 35.5 Å². The first-order valence-electron chi connectivity index (χ1n) is 4.33. The highest BCUT2D eigenvalue weighted by molar-refractivity contribution is 5.85. The molecule has 2 heterocycles. The van der Waals surface area contributed by atoms with Crippen LogP contribution in [0.4, 0.5) is 0 Å². The van der Waals surface area contributed by atoms with Crippen LogP contribution in [0.2, 0.25) is 0 Å². The van der Waals surface area contributed by atoms with Crippen molar-refractivity contribution in [2.75, 3.05) is 0 Å². The molecule has 0 unspecified atom stereocenters. The zero-order chi connectivity index (χ0) is 10.8. The molecule has 0 saturated carbocycles. The van der Waals surface area contributed by atoms with E-state index in [4.69, 9.17) is 9.63 Å². The van der Waals surface area contributed by atoms with Gasteiger partial charge in [0.1, 0.15) is 6.54 Å². The van der Waals surface area contributed by atoms with E-state index in [1.54, 1.807) is 10.9 Å². The summed E-state index contributed by atoms with van der Waals surface area (Å²) in [4.78, 5) is 10.5. The van der Waals surface area contributed by atoms with Crippen molar-refractivity contribution >= 4 is 5.97 Å². The molecular weight excluding hydrogens is 198 g/mol. The van der Waals surface area contributed by atoms with Gasteiger partial charge in [0.15, 0.2) is 11.5 Å². The standard InChI is InChI=1S/C9H9N3O3/c1-6-3-10-12(4-6)5-7-2-8(9(13)14)11-15-7/h2-4H,5H2,1H3,(H,13,14). The third-order valence-corrected chi connectivity index (χ3v) is 1.86. The van der Waals surface area contributed by atoms with Gasteiger partial charge in [-0.05, 0) is 12.5 Å². The van der Waals surface area contributed by atoms with E-state index in [9.17, 15) is 4.79 Å². The lowest BCUT2D eigenvalue weighted by Gasteiger charge is -1.94. The Balaban J connectivity index is 2.14. The third-order valence-electron chi connectivity index (χ3n) is 1.86. The fourth-order valence-electron chi connectivity index (χ4n) is 1.20. The van der Waals surface area contributed by atoms with E-state index < -0.39 is 5.97 Å². The highest BCUT2D eigenvalue weighted by Crippen LogP contribution is 2.06. The van der Waals surface area contributed by atoms with Crippen LogP contribution in [0, 0.1) is 6.92 Å². The number of hydrogen-bond acceptors (Lipinski definition) is 4. The molecule has 0 bridgehead atoms. The Morgan fingerprint density at radius 3 is 3.00 bits per heavy atom. The first-order chi connectivity index (χ1) is 7.15. The molecular formula is C9H9N3O3. The zero-order valence-corrected chi connectivity index (χ0v) is 8.04. The molecule has 78 valence electrons. The maximum absolute atomic E-state index is 10.5. The zero-order valence-electron chi connectivity index (χ0n) is 8.04. The van der Waals surface area contributed by atoms with Crippen LogP contribution in [0.15, 0.2) is 23.0 Å². The largest absolute Gasteiger partial charge is 0.476 e. The number of carboxylic acid groups (broad SMARTS) is 1. The van der Waals surface area contributed by atoms with Crippen LogP contribution in [-0.2, 0) is 6.54 Å². The van der Waals surface area contributed by atoms with Crippen LogP contribution in [0.5, 0.6) is 0 Å². The summed E-state index contributed by atoms with van der Waals surface area (Å²) >= 11 is 0. The van der Waals surface area contributed by atoms with Gasteiger partial charge in [-0.1, -0.05) is 5.16 Å². The number of aryl methyl sites for hydroxylation is 1. The van der Waals surface area contributed by atoms with Crippen molar-refractivity contribution in [1.82, 2.24) is 14.9 Å². The van der Waals surface area contributed by atoms with Crippen molar-refractivity contribution in [3.8, 4) is 0 Å². The SMILES string of the molecule is Cc1cnn(Cc2cc(C(=O)O)no2)c1. The summed E-state index contributed by atoms with van der Waals surface area (Å²) in [6.45, 7) is 2.31. The smallest absolute Gasteiger partial charge is 0.358 e. The van der Waals surface area contributed by atoms with Gasteiger partial charge in [0.05, 0.1) is 6.20 Å². The fourth-order valence-corrected chi connectivity index (χ4v) is 1.20. The molecule has 0 radical (unpaired) electrons. The molecule has 0 spiro atoms. The van der Waals surface area contributed by atoms with Gasteiger partial charge < -0.3 is 9.63 Å². The molecule has 0 fully saturated rings. The highest BCUT2D eigenvalue weighted by Gasteiger charge is 2.10. The first-order valence-corrected chi connectivity index (χ1v) is 4.33. The van der Waals surface area contributed by atoms with Gasteiger partial charge in [0, 0.05) is 12.3 Å². The molecule has 0 aromatic carbocycles. The summed E-state index contributed by atoms with van der Waals surface area (Å²) in [5.41, 5.74) is 0.946. The van der Waals surface area contributed by atoms with Gasteiger partial charge in [0.2, 0.25) is 0 Å². The minimum atomic E-state index is -1.10. The minimum absolute atomic E-state index is 0.0890. The third kappa shape index (κ3) is 2.04. The molecule has 0 aliphatic heterocycles. The van der Waals surface area contributed by atoms with E-state index in [1.807, 2.05) is 13.1 Å². The van der Waals surface area contributed by atoms with Crippen LogP contribution >= 0.6 is 0 Å². The van der Waals surface area contributed by atoms with Crippen LogP contribution < -0.4 is 0 Å². The molecule has 0 atom stereocenters. The molecule has 0 aliphatic carbocycles. The molecule has 0 aliphatic rings. The Morgan fingerprint density at radius 1 is 1.67 bits per heavy atom. The van der Waals surface area contributed by atoms with Crippen molar-refractivity contribution in [2.24, 2.45) is 0 Å². The minimum Gasteiger partial charge on any atom is -0.476 e. The summed E-state index contributed by atoms with van der Waals surface area (Å²) in [6, 6.07) is 1.39. The van der Waals surface area contributed by atoms with Gasteiger partial charge in [-0.2, -0.15) is 5.10 Å². The molecule has 2 aromatic heterocycles. The van der Waals surface area contributed by atoms with E-state index in [0.717, 1.165) is 5.56 Å². The maximum atomic E-state index is 10.5. The molecule has 0 amide bonds. The average molecular weight is 207 g/mol. The van der Waals surface area contributed by atoms with Gasteiger partial charge in [-0.15, -0.1) is 0 Å². The number of carboxylic acids is 1. The topological polar surface area (TPSA) is 81.2 Å². The molecule has 6 nitrogen and oxygen atoms in total. The number of rotatable bonds is 3. The second kappa shape index (κ2) is 3.56. The lowest BCUT2D eigenvalue weighted by Crippen LogP contribution is -1.98. The lowest BCUT2D eigenvalue weighted by atomic mass is 10.3. The van der Waals surface area contributed by atoms with Crippen LogP contribution in [0.25, 0.3) is 0 Å². The quantitative estimate of drug-likeness (QED) is 0.809. The predicted octanol–water partition coefficient (Wildman–Crippen LogP) is 0.926. The number of aromatic carboxylic acids is 1. The van der Waals surface area contributed by atoms with E-state index in [1.165, 1.54) is 6.07 Å². The lowest BCUT2D eigenvalue weighted by molar-refractivity contribution is 0.0685. The highest BCUT2D eigenvalue weighted by atomic mass is 16.5. The predicted molar refractivity (Wildman–Crippen MR) is 49.5 cm³/mol. The van der Waals surface area contributed by atoms with Gasteiger partial charge in [-0.25, -0.2) is 4.79 Å². The number of carbonyl (C=O) groups is 1. The molecule has 0 saturated heterocycles. The molecule has 6 heteroatoms. The van der Waals surface area contributed by atoms with E-state index in [0.29, 0.717) is 12.3 Å². The summed E-state index contributed by atoms with van der Waals surface area (Å²) < 4.78 is 6.50. The Hall–Kier alpha value is -2.11. The van der Waals surface area contributed by atoms with Crippen molar-refractivity contribution in [2.45, 2.75) is 13.5 Å². The van der Waals surface area contributed by atoms with Gasteiger partial charge in [0.25, 0.3) is 0 Å². The second-order valence-corrected chi connectivity index (χ2v) is 3.20. The van der Waals surface area contributed by atoms with Crippen molar-refractivity contribution in [3.63, 3.8) is 0 Å². The molecule has 2 aromatic rings. The van der Waals surface area contributed by atoms with Crippen LogP contribution in [-0.4, -0.2) is 26.0 Å². The summed E-state index contributed by atoms with van der Waals surface area (Å²) in [5.74, 6) is -0.628. The number of nitrogens with zero attached hydrogens (tertiary/aromatic N) is 3. The Labute approximate surface area is 85.1 Å². The van der Waals surface area contributed by atoms with Gasteiger partial charge in [-0.3, -0.25) is 4.68 Å². The van der Waals surface area contributed by atoms with Crippen molar-refractivity contribution < 1.29 is 14.4 Å². The Morgan fingerprint density at radius 2 is 2.47 bits per heavy atom. The van der Waals surface area contributed by atoms with Crippen LogP contribution in [0.1, 0.15) is 21.8 Å². The Bertz CT molecular complexity index is 486. The summed E-state index contributed by atoms with van der Waals surface area (Å²) in [5, 5.41) is 16.1. The average Bonchev–Trinajstić information content (AvgIpc) is 2.76. The Kier molecular flexibility index (Phi) is 2.24. The van der Waals surface area contributed by atoms with Crippen LogP contribution in [0.3, 0.4) is 0 Å². The fraction of sp³-hybridized carbons (Fsp3) is 0.222. The number of aromatic nitrogens is 3. The van der Waals surface area contributed by atoms with E-state index >= 15 is 0 Å². The molecule has 2 rings (SSSR count).